The van der Waals surface area contributed by atoms with Crippen LogP contribution in [0.5, 0.6) is 5.75 Å². The molecule has 2 aromatic carbocycles. The number of hydrogen-bond donors (Lipinski definition) is 0. The number of ether oxygens (including phenoxy) is 1. The van der Waals surface area contributed by atoms with E-state index in [1.807, 2.05) is 12.3 Å². The third-order valence-corrected chi connectivity index (χ3v) is 5.02. The minimum absolute atomic E-state index is 0.234. The second-order valence-electron chi connectivity index (χ2n) is 5.68. The second-order valence-corrected chi connectivity index (χ2v) is 7.58. The molecular weight excluding hydrogens is 410 g/mol. The highest BCUT2D eigenvalue weighted by Gasteiger charge is 2.19. The van der Waals surface area contributed by atoms with Crippen molar-refractivity contribution in [1.29, 1.82) is 0 Å². The summed E-state index contributed by atoms with van der Waals surface area (Å²) in [5, 5.41) is 3.58. The van der Waals surface area contributed by atoms with E-state index in [1.165, 1.54) is 28.4 Å². The van der Waals surface area contributed by atoms with E-state index in [0.29, 0.717) is 21.5 Å². The molecule has 0 spiro atoms. The second kappa shape index (κ2) is 8.69. The molecule has 0 aliphatic carbocycles. The fourth-order valence-electron chi connectivity index (χ4n) is 2.40. The Bertz CT molecular complexity index is 947. The number of aromatic nitrogens is 1. The Morgan fingerprint density at radius 2 is 1.96 bits per heavy atom. The van der Waals surface area contributed by atoms with E-state index in [4.69, 9.17) is 27.9 Å². The smallest absolute Gasteiger partial charge is 0.265 e. The zero-order chi connectivity index (χ0) is 19.4. The van der Waals surface area contributed by atoms with Crippen molar-refractivity contribution in [3.8, 4) is 5.75 Å². The zero-order valence-electron chi connectivity index (χ0n) is 14.3. The Balaban J connectivity index is 1.78. The van der Waals surface area contributed by atoms with E-state index in [1.54, 1.807) is 30.3 Å². The summed E-state index contributed by atoms with van der Waals surface area (Å²) in [5.41, 5.74) is 1.30. The summed E-state index contributed by atoms with van der Waals surface area (Å²) in [6, 6.07) is 10.5. The van der Waals surface area contributed by atoms with Crippen LogP contribution in [0.25, 0.3) is 0 Å². The van der Waals surface area contributed by atoms with E-state index < -0.39 is 0 Å². The van der Waals surface area contributed by atoms with Gasteiger partial charge < -0.3 is 9.64 Å². The van der Waals surface area contributed by atoms with E-state index >= 15 is 0 Å². The standard InChI is InChI=1S/C19H15Cl2FN2O2S/c1-12-23-15(11-27-12)9-24(16-5-3-14(22)4-6-16)19(25)10-26-18-7-2-13(20)8-17(18)21/h2-8,11H,9-10H2,1H3. The number of aryl methyl sites for hydroxylation is 1. The van der Waals surface area contributed by atoms with Gasteiger partial charge in [0.25, 0.3) is 5.91 Å². The Kier molecular flexibility index (Phi) is 6.31. The summed E-state index contributed by atoms with van der Waals surface area (Å²) in [7, 11) is 0. The largest absolute Gasteiger partial charge is 0.482 e. The average Bonchev–Trinajstić information content (AvgIpc) is 3.04. The van der Waals surface area contributed by atoms with Gasteiger partial charge in [-0.25, -0.2) is 9.37 Å². The molecule has 140 valence electrons. The molecule has 0 aliphatic heterocycles. The number of anilines is 1. The van der Waals surface area contributed by atoms with E-state index in [0.717, 1.165) is 10.7 Å². The van der Waals surface area contributed by atoms with Crippen molar-refractivity contribution < 1.29 is 13.9 Å². The molecule has 1 amide bonds. The maximum absolute atomic E-state index is 13.3. The number of amides is 1. The number of nitrogens with zero attached hydrogens (tertiary/aromatic N) is 2. The average molecular weight is 425 g/mol. The van der Waals surface area contributed by atoms with Crippen molar-refractivity contribution in [1.82, 2.24) is 4.98 Å². The van der Waals surface area contributed by atoms with Crippen molar-refractivity contribution in [2.45, 2.75) is 13.5 Å². The SMILES string of the molecule is Cc1nc(CN(C(=O)COc2ccc(Cl)cc2Cl)c2ccc(F)cc2)cs1. The predicted octanol–water partition coefficient (Wildman–Crippen LogP) is 5.51. The topological polar surface area (TPSA) is 42.4 Å². The summed E-state index contributed by atoms with van der Waals surface area (Å²) in [6.07, 6.45) is 0. The van der Waals surface area contributed by atoms with Gasteiger partial charge in [-0.2, -0.15) is 0 Å². The van der Waals surface area contributed by atoms with Crippen LogP contribution in [0, 0.1) is 12.7 Å². The maximum atomic E-state index is 13.3. The first-order valence-electron chi connectivity index (χ1n) is 7.97. The third kappa shape index (κ3) is 5.19. The quantitative estimate of drug-likeness (QED) is 0.523. The summed E-state index contributed by atoms with van der Waals surface area (Å²) < 4.78 is 18.8. The molecule has 0 aliphatic rings. The number of carbonyl (C=O) groups excluding carboxylic acids is 1. The van der Waals surface area contributed by atoms with Gasteiger partial charge in [-0.05, 0) is 49.4 Å². The molecule has 0 saturated carbocycles. The zero-order valence-corrected chi connectivity index (χ0v) is 16.6. The van der Waals surface area contributed by atoms with Crippen LogP contribution in [-0.2, 0) is 11.3 Å². The Hall–Kier alpha value is -2.15. The molecule has 0 radical (unpaired) electrons. The van der Waals surface area contributed by atoms with Crippen LogP contribution in [0.1, 0.15) is 10.7 Å². The fraction of sp³-hybridized carbons (Fsp3) is 0.158. The lowest BCUT2D eigenvalue weighted by Gasteiger charge is -2.22. The lowest BCUT2D eigenvalue weighted by molar-refractivity contribution is -0.120. The van der Waals surface area contributed by atoms with Gasteiger partial charge in [-0.3, -0.25) is 4.79 Å². The maximum Gasteiger partial charge on any atom is 0.265 e. The van der Waals surface area contributed by atoms with Crippen LogP contribution >= 0.6 is 34.5 Å². The van der Waals surface area contributed by atoms with E-state index in [9.17, 15) is 9.18 Å². The molecule has 0 atom stereocenters. The van der Waals surface area contributed by atoms with Crippen molar-refractivity contribution in [3.05, 3.63) is 74.4 Å². The number of carbonyl (C=O) groups is 1. The van der Waals surface area contributed by atoms with Crippen molar-refractivity contribution in [2.75, 3.05) is 11.5 Å². The molecule has 1 aromatic heterocycles. The molecular formula is C19H15Cl2FN2O2S. The third-order valence-electron chi connectivity index (χ3n) is 3.67. The molecule has 0 N–H and O–H groups in total. The van der Waals surface area contributed by atoms with Gasteiger partial charge >= 0.3 is 0 Å². The number of benzene rings is 2. The number of hydrogen-bond acceptors (Lipinski definition) is 4. The summed E-state index contributed by atoms with van der Waals surface area (Å²) in [5.74, 6) is -0.323. The molecule has 0 fully saturated rings. The molecule has 1 heterocycles. The van der Waals surface area contributed by atoms with Crippen molar-refractivity contribution >= 4 is 46.1 Å². The van der Waals surface area contributed by atoms with Crippen molar-refractivity contribution in [3.63, 3.8) is 0 Å². The summed E-state index contributed by atoms with van der Waals surface area (Å²) in [4.78, 5) is 18.7. The molecule has 0 unspecified atom stereocenters. The van der Waals surface area contributed by atoms with Crippen LogP contribution in [0.15, 0.2) is 47.8 Å². The lowest BCUT2D eigenvalue weighted by Crippen LogP contribution is -2.34. The molecule has 0 bridgehead atoms. The molecule has 3 aromatic rings. The first-order valence-corrected chi connectivity index (χ1v) is 9.61. The Morgan fingerprint density at radius 3 is 2.59 bits per heavy atom. The van der Waals surface area contributed by atoms with Gasteiger partial charge in [0, 0.05) is 16.1 Å². The first-order chi connectivity index (χ1) is 12.9. The minimum Gasteiger partial charge on any atom is -0.482 e. The first kappa shape index (κ1) is 19.6. The van der Waals surface area contributed by atoms with Crippen LogP contribution in [0.3, 0.4) is 0 Å². The van der Waals surface area contributed by atoms with E-state index in [-0.39, 0.29) is 24.9 Å². The highest BCUT2D eigenvalue weighted by molar-refractivity contribution is 7.09. The van der Waals surface area contributed by atoms with Gasteiger partial charge in [-0.1, -0.05) is 23.2 Å². The molecule has 0 saturated heterocycles. The molecule has 4 nitrogen and oxygen atoms in total. The predicted molar refractivity (Wildman–Crippen MR) is 106 cm³/mol. The Labute approximate surface area is 170 Å². The minimum atomic E-state index is -0.375. The monoisotopic (exact) mass is 424 g/mol. The molecule has 27 heavy (non-hydrogen) atoms. The molecule has 3 rings (SSSR count). The number of halogens is 3. The number of thiazole rings is 1. The van der Waals surface area contributed by atoms with E-state index in [2.05, 4.69) is 4.98 Å². The van der Waals surface area contributed by atoms with Gasteiger partial charge in [0.05, 0.1) is 22.3 Å². The lowest BCUT2D eigenvalue weighted by atomic mass is 10.2. The van der Waals surface area contributed by atoms with Gasteiger partial charge in [0.2, 0.25) is 0 Å². The highest BCUT2D eigenvalue weighted by atomic mass is 35.5. The van der Waals surface area contributed by atoms with Crippen molar-refractivity contribution in [2.24, 2.45) is 0 Å². The molecule has 8 heteroatoms. The van der Waals surface area contributed by atoms with Crippen LogP contribution in [0.4, 0.5) is 10.1 Å². The van der Waals surface area contributed by atoms with Gasteiger partial charge in [-0.15, -0.1) is 11.3 Å². The van der Waals surface area contributed by atoms with Gasteiger partial charge in [0.1, 0.15) is 11.6 Å². The summed E-state index contributed by atoms with van der Waals surface area (Å²) >= 11 is 13.4. The van der Waals surface area contributed by atoms with Crippen LogP contribution in [0.2, 0.25) is 10.0 Å². The Morgan fingerprint density at radius 1 is 1.22 bits per heavy atom. The number of rotatable bonds is 6. The van der Waals surface area contributed by atoms with Crippen LogP contribution < -0.4 is 9.64 Å². The normalized spacial score (nSPS) is 10.7. The fourth-order valence-corrected chi connectivity index (χ4v) is 3.46. The summed E-state index contributed by atoms with van der Waals surface area (Å²) in [6.45, 7) is 1.91. The highest BCUT2D eigenvalue weighted by Crippen LogP contribution is 2.28. The van der Waals surface area contributed by atoms with Gasteiger partial charge in [0.15, 0.2) is 6.61 Å². The van der Waals surface area contributed by atoms with Crippen LogP contribution in [-0.4, -0.2) is 17.5 Å².